The Bertz CT molecular complexity index is 492. The van der Waals surface area contributed by atoms with Gasteiger partial charge in [-0.2, -0.15) is 0 Å². The Balaban J connectivity index is 1.93. The number of carboxylic acids is 1. The number of aromatic carboxylic acids is 1. The average Bonchev–Trinajstić information content (AvgIpc) is 2.54. The van der Waals surface area contributed by atoms with Crippen molar-refractivity contribution in [2.24, 2.45) is 0 Å². The van der Waals surface area contributed by atoms with Gasteiger partial charge in [-0.1, -0.05) is 11.9 Å². The first-order chi connectivity index (χ1) is 10.7. The zero-order valence-corrected chi connectivity index (χ0v) is 13.5. The summed E-state index contributed by atoms with van der Waals surface area (Å²) in [6, 6.07) is 4.98. The van der Waals surface area contributed by atoms with E-state index in [1.54, 1.807) is 18.2 Å². The number of carboxylic acid groups (broad SMARTS) is 1. The van der Waals surface area contributed by atoms with E-state index in [-0.39, 0.29) is 5.56 Å². The number of benzene rings is 1. The zero-order chi connectivity index (χ0) is 15.8. The van der Waals surface area contributed by atoms with E-state index in [4.69, 9.17) is 14.6 Å². The van der Waals surface area contributed by atoms with Gasteiger partial charge in [0, 0.05) is 31.7 Å². The number of carbonyl (C=O) groups is 1. The fourth-order valence-corrected chi connectivity index (χ4v) is 2.55. The van der Waals surface area contributed by atoms with Crippen LogP contribution in [0.2, 0.25) is 0 Å². The molecule has 1 saturated heterocycles. The molecule has 22 heavy (non-hydrogen) atoms. The van der Waals surface area contributed by atoms with E-state index in [1.165, 1.54) is 11.9 Å². The molecule has 1 aromatic rings. The number of hydrogen-bond donors (Lipinski definition) is 2. The minimum atomic E-state index is -0.926. The SMILES string of the molecule is CSNCc1cc(C(=O)O)ccc1OCCN1CCOCC1. The van der Waals surface area contributed by atoms with Gasteiger partial charge in [-0.05, 0) is 24.5 Å². The van der Waals surface area contributed by atoms with Crippen molar-refractivity contribution in [3.63, 3.8) is 0 Å². The molecule has 0 bridgehead atoms. The molecule has 0 aliphatic carbocycles. The van der Waals surface area contributed by atoms with E-state index in [0.717, 1.165) is 44.2 Å². The highest BCUT2D eigenvalue weighted by atomic mass is 32.2. The van der Waals surface area contributed by atoms with Crippen molar-refractivity contribution in [1.82, 2.24) is 9.62 Å². The molecule has 6 nitrogen and oxygen atoms in total. The quantitative estimate of drug-likeness (QED) is 0.701. The fraction of sp³-hybridized carbons (Fsp3) is 0.533. The van der Waals surface area contributed by atoms with Crippen LogP contribution in [0.1, 0.15) is 15.9 Å². The standard InChI is InChI=1S/C15H22N2O4S/c1-22-16-11-13-10-12(15(18)19)2-3-14(13)21-9-6-17-4-7-20-8-5-17/h2-3,10,16H,4-9,11H2,1H3,(H,18,19). The Morgan fingerprint density at radius 3 is 2.91 bits per heavy atom. The third-order valence-corrected chi connectivity index (χ3v) is 3.92. The van der Waals surface area contributed by atoms with E-state index < -0.39 is 5.97 Å². The molecular weight excluding hydrogens is 304 g/mol. The van der Waals surface area contributed by atoms with Crippen LogP contribution in [0.4, 0.5) is 0 Å². The van der Waals surface area contributed by atoms with Crippen LogP contribution in [0.25, 0.3) is 0 Å². The molecule has 2 rings (SSSR count). The summed E-state index contributed by atoms with van der Waals surface area (Å²) >= 11 is 1.49. The van der Waals surface area contributed by atoms with E-state index in [0.29, 0.717) is 13.2 Å². The normalized spacial score (nSPS) is 15.7. The first-order valence-corrected chi connectivity index (χ1v) is 8.48. The summed E-state index contributed by atoms with van der Waals surface area (Å²) in [6.07, 6.45) is 1.93. The maximum atomic E-state index is 11.1. The summed E-state index contributed by atoms with van der Waals surface area (Å²) < 4.78 is 14.3. The van der Waals surface area contributed by atoms with Crippen LogP contribution in [0.5, 0.6) is 5.75 Å². The maximum absolute atomic E-state index is 11.1. The Hall–Kier alpha value is -1.28. The highest BCUT2D eigenvalue weighted by Crippen LogP contribution is 2.21. The second kappa shape index (κ2) is 8.99. The molecule has 1 fully saturated rings. The first-order valence-electron chi connectivity index (χ1n) is 7.25. The topological polar surface area (TPSA) is 71.0 Å². The van der Waals surface area contributed by atoms with Crippen LogP contribution in [-0.2, 0) is 11.3 Å². The third kappa shape index (κ3) is 5.17. The van der Waals surface area contributed by atoms with Gasteiger partial charge in [0.2, 0.25) is 0 Å². The lowest BCUT2D eigenvalue weighted by Gasteiger charge is -2.26. The molecule has 0 unspecified atom stereocenters. The Morgan fingerprint density at radius 2 is 2.23 bits per heavy atom. The Kier molecular flexibility index (Phi) is 6.98. The van der Waals surface area contributed by atoms with E-state index in [9.17, 15) is 4.79 Å². The van der Waals surface area contributed by atoms with Gasteiger partial charge in [0.05, 0.1) is 18.8 Å². The predicted octanol–water partition coefficient (Wildman–Crippen LogP) is 1.46. The van der Waals surface area contributed by atoms with Crippen molar-refractivity contribution in [2.45, 2.75) is 6.54 Å². The lowest BCUT2D eigenvalue weighted by atomic mass is 10.1. The van der Waals surface area contributed by atoms with E-state index in [1.807, 2.05) is 6.26 Å². The summed E-state index contributed by atoms with van der Waals surface area (Å²) in [6.45, 7) is 5.41. The smallest absolute Gasteiger partial charge is 0.335 e. The molecule has 0 radical (unpaired) electrons. The van der Waals surface area contributed by atoms with Crippen LogP contribution >= 0.6 is 11.9 Å². The van der Waals surface area contributed by atoms with Gasteiger partial charge in [0.15, 0.2) is 0 Å². The summed E-state index contributed by atoms with van der Waals surface area (Å²) in [5.41, 5.74) is 1.13. The summed E-state index contributed by atoms with van der Waals surface area (Å²) in [5.74, 6) is -0.190. The molecule has 1 aliphatic rings. The number of morpholine rings is 1. The monoisotopic (exact) mass is 326 g/mol. The second-order valence-electron chi connectivity index (χ2n) is 4.96. The highest BCUT2D eigenvalue weighted by molar-refractivity contribution is 7.96. The minimum Gasteiger partial charge on any atom is -0.492 e. The van der Waals surface area contributed by atoms with Gasteiger partial charge in [-0.25, -0.2) is 4.79 Å². The molecule has 0 spiro atoms. The third-order valence-electron chi connectivity index (χ3n) is 3.48. The molecule has 1 aliphatic heterocycles. The molecule has 7 heteroatoms. The number of nitrogens with one attached hydrogen (secondary N) is 1. The molecule has 122 valence electrons. The van der Waals surface area contributed by atoms with Crippen LogP contribution in [0.3, 0.4) is 0 Å². The van der Waals surface area contributed by atoms with Crippen molar-refractivity contribution in [3.05, 3.63) is 29.3 Å². The lowest BCUT2D eigenvalue weighted by Crippen LogP contribution is -2.38. The molecule has 1 heterocycles. The van der Waals surface area contributed by atoms with Gasteiger partial charge in [0.25, 0.3) is 0 Å². The van der Waals surface area contributed by atoms with Crippen LogP contribution in [0, 0.1) is 0 Å². The predicted molar refractivity (Wildman–Crippen MR) is 86.5 cm³/mol. The molecular formula is C15H22N2O4S. The van der Waals surface area contributed by atoms with Gasteiger partial charge in [-0.15, -0.1) is 0 Å². The van der Waals surface area contributed by atoms with Crippen LogP contribution in [-0.4, -0.2) is 61.7 Å². The first kappa shape index (κ1) is 17.1. The minimum absolute atomic E-state index is 0.276. The van der Waals surface area contributed by atoms with Crippen molar-refractivity contribution in [1.29, 1.82) is 0 Å². The van der Waals surface area contributed by atoms with E-state index in [2.05, 4.69) is 9.62 Å². The van der Waals surface area contributed by atoms with Gasteiger partial charge < -0.3 is 14.6 Å². The summed E-state index contributed by atoms with van der Waals surface area (Å²) in [4.78, 5) is 13.4. The number of hydrogen-bond acceptors (Lipinski definition) is 6. The van der Waals surface area contributed by atoms with E-state index >= 15 is 0 Å². The molecule has 0 amide bonds. The van der Waals surface area contributed by atoms with Gasteiger partial charge in [0.1, 0.15) is 12.4 Å². The molecule has 0 atom stereocenters. The number of rotatable bonds is 8. The van der Waals surface area contributed by atoms with Crippen molar-refractivity contribution >= 4 is 17.9 Å². The number of nitrogens with zero attached hydrogens (tertiary/aromatic N) is 1. The van der Waals surface area contributed by atoms with Gasteiger partial charge >= 0.3 is 5.97 Å². The Labute approximate surface area is 134 Å². The summed E-state index contributed by atoms with van der Waals surface area (Å²) in [7, 11) is 0. The lowest BCUT2D eigenvalue weighted by molar-refractivity contribution is 0.0322. The highest BCUT2D eigenvalue weighted by Gasteiger charge is 2.12. The molecule has 1 aromatic carbocycles. The molecule has 2 N–H and O–H groups in total. The zero-order valence-electron chi connectivity index (χ0n) is 12.7. The van der Waals surface area contributed by atoms with Crippen molar-refractivity contribution in [3.8, 4) is 5.75 Å². The maximum Gasteiger partial charge on any atom is 0.335 e. The fourth-order valence-electron chi connectivity index (χ4n) is 2.25. The summed E-state index contributed by atoms with van der Waals surface area (Å²) in [5, 5.41) is 9.09. The average molecular weight is 326 g/mol. The second-order valence-corrected chi connectivity index (χ2v) is 5.65. The van der Waals surface area contributed by atoms with Crippen LogP contribution in [0.15, 0.2) is 18.2 Å². The number of ether oxygens (including phenoxy) is 2. The molecule has 0 aromatic heterocycles. The Morgan fingerprint density at radius 1 is 1.45 bits per heavy atom. The van der Waals surface area contributed by atoms with Crippen LogP contribution < -0.4 is 9.46 Å². The van der Waals surface area contributed by atoms with Crippen molar-refractivity contribution in [2.75, 3.05) is 45.7 Å². The van der Waals surface area contributed by atoms with Crippen molar-refractivity contribution < 1.29 is 19.4 Å². The largest absolute Gasteiger partial charge is 0.492 e. The molecule has 0 saturated carbocycles. The van der Waals surface area contributed by atoms with Gasteiger partial charge in [-0.3, -0.25) is 9.62 Å².